The number of thioether (sulfide) groups is 1. The fourth-order valence-electron chi connectivity index (χ4n) is 2.01. The first-order chi connectivity index (χ1) is 8.04. The van der Waals surface area contributed by atoms with Gasteiger partial charge in [-0.25, -0.2) is 8.42 Å². The van der Waals surface area contributed by atoms with Crippen LogP contribution in [0.2, 0.25) is 0 Å². The molecule has 0 amide bonds. The Hall–Kier alpha value is -0.520. The van der Waals surface area contributed by atoms with Crippen LogP contribution >= 0.6 is 11.8 Å². The summed E-state index contributed by atoms with van der Waals surface area (Å²) < 4.78 is 23.9. The van der Waals surface area contributed by atoms with Crippen LogP contribution in [0.5, 0.6) is 0 Å². The van der Waals surface area contributed by atoms with Crippen LogP contribution in [-0.2, 0) is 9.84 Å². The van der Waals surface area contributed by atoms with E-state index in [2.05, 4.69) is 18.5 Å². The van der Waals surface area contributed by atoms with Crippen LogP contribution in [0.4, 0.5) is 0 Å². The molecule has 0 fully saturated rings. The number of fused-ring (bicyclic) bond motifs is 1. The van der Waals surface area contributed by atoms with E-state index in [9.17, 15) is 8.42 Å². The van der Waals surface area contributed by atoms with E-state index in [1.165, 1.54) is 0 Å². The first kappa shape index (κ1) is 12.9. The summed E-state index contributed by atoms with van der Waals surface area (Å²) in [7, 11) is -3.08. The molecule has 1 aromatic carbocycles. The molecule has 17 heavy (non-hydrogen) atoms. The lowest BCUT2D eigenvalue weighted by Crippen LogP contribution is -2.28. The van der Waals surface area contributed by atoms with Gasteiger partial charge < -0.3 is 5.32 Å². The highest BCUT2D eigenvalue weighted by molar-refractivity contribution is 7.99. The van der Waals surface area contributed by atoms with E-state index >= 15 is 0 Å². The molecule has 1 aliphatic rings. The zero-order valence-corrected chi connectivity index (χ0v) is 11.6. The van der Waals surface area contributed by atoms with Gasteiger partial charge in [-0.3, -0.25) is 0 Å². The van der Waals surface area contributed by atoms with Crippen molar-refractivity contribution >= 4 is 21.6 Å². The van der Waals surface area contributed by atoms with Crippen LogP contribution in [0.3, 0.4) is 0 Å². The van der Waals surface area contributed by atoms with Crippen LogP contribution in [0, 0.1) is 0 Å². The highest BCUT2D eigenvalue weighted by Crippen LogP contribution is 2.32. The van der Waals surface area contributed by atoms with E-state index in [1.807, 2.05) is 12.1 Å². The number of sulfone groups is 1. The second-order valence-electron chi connectivity index (χ2n) is 4.33. The van der Waals surface area contributed by atoms with E-state index < -0.39 is 9.84 Å². The molecule has 0 saturated carbocycles. The Balaban J connectivity index is 2.18. The SMILES string of the molecule is CSC(C)CNC1CS(=O)(=O)c2ccccc21. The lowest BCUT2D eigenvalue weighted by Gasteiger charge is -2.15. The molecular formula is C12H17NO2S2. The van der Waals surface area contributed by atoms with E-state index in [1.54, 1.807) is 23.9 Å². The van der Waals surface area contributed by atoms with E-state index in [0.29, 0.717) is 10.1 Å². The lowest BCUT2D eigenvalue weighted by atomic mass is 10.1. The Morgan fingerprint density at radius 3 is 2.88 bits per heavy atom. The fraction of sp³-hybridized carbons (Fsp3) is 0.500. The maximum Gasteiger partial charge on any atom is 0.180 e. The van der Waals surface area contributed by atoms with Crippen molar-refractivity contribution in [2.24, 2.45) is 0 Å². The molecule has 5 heteroatoms. The van der Waals surface area contributed by atoms with Crippen molar-refractivity contribution < 1.29 is 8.42 Å². The third kappa shape index (κ3) is 2.67. The Bertz CT molecular complexity index is 499. The quantitative estimate of drug-likeness (QED) is 0.908. The Morgan fingerprint density at radius 2 is 2.18 bits per heavy atom. The van der Waals surface area contributed by atoms with Crippen molar-refractivity contribution in [1.29, 1.82) is 0 Å². The van der Waals surface area contributed by atoms with Crippen molar-refractivity contribution in [2.45, 2.75) is 23.1 Å². The van der Waals surface area contributed by atoms with Crippen LogP contribution in [0.15, 0.2) is 29.2 Å². The monoisotopic (exact) mass is 271 g/mol. The highest BCUT2D eigenvalue weighted by Gasteiger charge is 2.33. The number of benzene rings is 1. The first-order valence-electron chi connectivity index (χ1n) is 5.62. The summed E-state index contributed by atoms with van der Waals surface area (Å²) in [5.74, 6) is 0.188. The van der Waals surface area contributed by atoms with Gasteiger partial charge in [-0.15, -0.1) is 0 Å². The maximum absolute atomic E-state index is 11.9. The number of nitrogens with one attached hydrogen (secondary N) is 1. The standard InChI is InChI=1S/C12H17NO2S2/c1-9(16-2)7-13-11-8-17(14,15)12-6-4-3-5-10(11)12/h3-6,9,11,13H,7-8H2,1-2H3. The molecule has 0 spiro atoms. The predicted molar refractivity (Wildman–Crippen MR) is 72.2 cm³/mol. The average molecular weight is 271 g/mol. The van der Waals surface area contributed by atoms with Crippen molar-refractivity contribution in [1.82, 2.24) is 5.32 Å². The minimum atomic E-state index is -3.08. The average Bonchev–Trinajstić information content (AvgIpc) is 2.59. The molecule has 0 aliphatic carbocycles. The topological polar surface area (TPSA) is 46.2 Å². The van der Waals surface area contributed by atoms with Gasteiger partial charge in [-0.2, -0.15) is 11.8 Å². The van der Waals surface area contributed by atoms with Gasteiger partial charge in [0.05, 0.1) is 10.6 Å². The molecule has 2 rings (SSSR count). The number of hydrogen-bond acceptors (Lipinski definition) is 4. The molecule has 94 valence electrons. The molecular weight excluding hydrogens is 254 g/mol. The molecule has 3 nitrogen and oxygen atoms in total. The molecule has 0 saturated heterocycles. The van der Waals surface area contributed by atoms with Crippen LogP contribution in [-0.4, -0.2) is 32.2 Å². The van der Waals surface area contributed by atoms with Crippen LogP contribution in [0.25, 0.3) is 0 Å². The van der Waals surface area contributed by atoms with Gasteiger partial charge in [-0.1, -0.05) is 25.1 Å². The summed E-state index contributed by atoms with van der Waals surface area (Å²) in [6, 6.07) is 7.23. The van der Waals surface area contributed by atoms with E-state index in [4.69, 9.17) is 0 Å². The Labute approximate surface area is 107 Å². The third-order valence-corrected chi connectivity index (χ3v) is 5.86. The molecule has 0 aromatic heterocycles. The van der Waals surface area contributed by atoms with Gasteiger partial charge in [0.2, 0.25) is 0 Å². The second-order valence-corrected chi connectivity index (χ2v) is 7.61. The van der Waals surface area contributed by atoms with Crippen molar-refractivity contribution in [3.8, 4) is 0 Å². The number of hydrogen-bond donors (Lipinski definition) is 1. The zero-order valence-electron chi connectivity index (χ0n) is 10.0. The zero-order chi connectivity index (χ0) is 12.5. The summed E-state index contributed by atoms with van der Waals surface area (Å²) in [6.07, 6.45) is 2.06. The van der Waals surface area contributed by atoms with Gasteiger partial charge in [0.25, 0.3) is 0 Å². The molecule has 1 N–H and O–H groups in total. The largest absolute Gasteiger partial charge is 0.308 e. The van der Waals surface area contributed by atoms with E-state index in [0.717, 1.165) is 12.1 Å². The Morgan fingerprint density at radius 1 is 1.47 bits per heavy atom. The highest BCUT2D eigenvalue weighted by atomic mass is 32.2. The molecule has 1 heterocycles. The first-order valence-corrected chi connectivity index (χ1v) is 8.56. The molecule has 0 radical (unpaired) electrons. The Kier molecular flexibility index (Phi) is 3.80. The van der Waals surface area contributed by atoms with Crippen LogP contribution < -0.4 is 5.32 Å². The van der Waals surface area contributed by atoms with E-state index in [-0.39, 0.29) is 11.8 Å². The summed E-state index contributed by atoms with van der Waals surface area (Å²) in [4.78, 5) is 0.495. The van der Waals surface area contributed by atoms with Gasteiger partial charge in [-0.05, 0) is 17.9 Å². The van der Waals surface area contributed by atoms with Gasteiger partial charge in [0, 0.05) is 17.8 Å². The summed E-state index contributed by atoms with van der Waals surface area (Å²) in [6.45, 7) is 2.96. The van der Waals surface area contributed by atoms with Gasteiger partial charge in [0.1, 0.15) is 0 Å². The minimum Gasteiger partial charge on any atom is -0.308 e. The van der Waals surface area contributed by atoms with Gasteiger partial charge >= 0.3 is 0 Å². The number of rotatable bonds is 4. The molecule has 0 bridgehead atoms. The third-order valence-electron chi connectivity index (χ3n) is 3.07. The summed E-state index contributed by atoms with van der Waals surface area (Å²) >= 11 is 1.78. The van der Waals surface area contributed by atoms with Crippen molar-refractivity contribution in [3.05, 3.63) is 29.8 Å². The van der Waals surface area contributed by atoms with Gasteiger partial charge in [0.15, 0.2) is 9.84 Å². The minimum absolute atomic E-state index is 0.0502. The molecule has 1 aliphatic heterocycles. The summed E-state index contributed by atoms with van der Waals surface area (Å²) in [5.41, 5.74) is 0.917. The molecule has 1 aromatic rings. The van der Waals surface area contributed by atoms with Crippen LogP contribution in [0.1, 0.15) is 18.5 Å². The second kappa shape index (κ2) is 5.00. The molecule has 2 atom stereocenters. The summed E-state index contributed by atoms with van der Waals surface area (Å²) in [5, 5.41) is 3.84. The maximum atomic E-state index is 11.9. The lowest BCUT2D eigenvalue weighted by molar-refractivity contribution is 0.567. The predicted octanol–water partition coefficient (Wildman–Crippen LogP) is 1.86. The molecule has 2 unspecified atom stereocenters. The normalized spacial score (nSPS) is 23.3. The smallest absolute Gasteiger partial charge is 0.180 e. The fourth-order valence-corrected chi connectivity index (χ4v) is 4.05. The van der Waals surface area contributed by atoms with Crippen molar-refractivity contribution in [3.63, 3.8) is 0 Å². The van der Waals surface area contributed by atoms with Crippen molar-refractivity contribution in [2.75, 3.05) is 18.6 Å².